The first-order valence-corrected chi connectivity index (χ1v) is 10.7. The van der Waals surface area contributed by atoms with Crippen LogP contribution in [-0.4, -0.2) is 10.9 Å². The van der Waals surface area contributed by atoms with E-state index >= 15 is 0 Å². The summed E-state index contributed by atoms with van der Waals surface area (Å²) in [6.45, 7) is 1.99. The number of carbonyl (C=O) groups is 1. The maximum atomic E-state index is 13.8. The molecule has 32 heavy (non-hydrogen) atoms. The summed E-state index contributed by atoms with van der Waals surface area (Å²) >= 11 is 0. The molecule has 0 spiro atoms. The zero-order valence-corrected chi connectivity index (χ0v) is 17.7. The van der Waals surface area contributed by atoms with Crippen LogP contribution in [-0.2, 0) is 6.42 Å². The quantitative estimate of drug-likeness (QED) is 0.305. The molecule has 0 radical (unpaired) electrons. The van der Waals surface area contributed by atoms with Gasteiger partial charge in [0, 0.05) is 22.9 Å². The predicted octanol–water partition coefficient (Wildman–Crippen LogP) is 7.27. The molecule has 1 N–H and O–H groups in total. The highest BCUT2D eigenvalue weighted by atomic mass is 16.3. The summed E-state index contributed by atoms with van der Waals surface area (Å²) in [6, 6.07) is 30.6. The van der Waals surface area contributed by atoms with Gasteiger partial charge in [-0.25, -0.2) is 0 Å². The lowest BCUT2D eigenvalue weighted by Gasteiger charge is -2.11. The van der Waals surface area contributed by atoms with Crippen LogP contribution in [0.5, 0.6) is 5.75 Å². The zero-order chi connectivity index (χ0) is 22.1. The topological polar surface area (TPSA) is 50.4 Å². The Labute approximate surface area is 186 Å². The van der Waals surface area contributed by atoms with Crippen LogP contribution in [0, 0.1) is 0 Å². The van der Waals surface area contributed by atoms with Crippen molar-refractivity contribution in [2.24, 2.45) is 0 Å². The van der Waals surface area contributed by atoms with Crippen molar-refractivity contribution in [2.45, 2.75) is 13.3 Å². The molecule has 0 unspecified atom stereocenters. The van der Waals surface area contributed by atoms with Gasteiger partial charge in [-0.1, -0.05) is 73.7 Å². The number of ketones is 1. The van der Waals surface area contributed by atoms with E-state index in [0.717, 1.165) is 22.1 Å². The number of para-hydroxylation sites is 2. The van der Waals surface area contributed by atoms with Crippen LogP contribution in [0.2, 0.25) is 0 Å². The monoisotopic (exact) mass is 418 g/mol. The average Bonchev–Trinajstić information content (AvgIpc) is 3.23. The van der Waals surface area contributed by atoms with Gasteiger partial charge in [0.05, 0.1) is 5.56 Å². The number of hydrogen-bond acceptors (Lipinski definition) is 3. The normalized spacial score (nSPS) is 11.0. The molecule has 3 heteroatoms. The summed E-state index contributed by atoms with van der Waals surface area (Å²) in [4.78, 5) is 13.8. The van der Waals surface area contributed by atoms with Crippen molar-refractivity contribution in [3.63, 3.8) is 0 Å². The van der Waals surface area contributed by atoms with Gasteiger partial charge in [-0.2, -0.15) is 0 Å². The van der Waals surface area contributed by atoms with Crippen LogP contribution >= 0.6 is 0 Å². The Morgan fingerprint density at radius 1 is 0.781 bits per heavy atom. The number of fused-ring (bicyclic) bond motifs is 1. The lowest BCUT2D eigenvalue weighted by molar-refractivity contribution is 0.103. The average molecular weight is 418 g/mol. The molecule has 0 bridgehead atoms. The van der Waals surface area contributed by atoms with Gasteiger partial charge >= 0.3 is 0 Å². The van der Waals surface area contributed by atoms with Gasteiger partial charge in [0.1, 0.15) is 17.1 Å². The molecule has 5 aromatic rings. The van der Waals surface area contributed by atoms with E-state index in [1.807, 2.05) is 91.9 Å². The lowest BCUT2D eigenvalue weighted by atomic mass is 9.91. The van der Waals surface area contributed by atoms with Crippen molar-refractivity contribution in [3.8, 4) is 28.0 Å². The van der Waals surface area contributed by atoms with Crippen molar-refractivity contribution in [1.82, 2.24) is 0 Å². The summed E-state index contributed by atoms with van der Waals surface area (Å²) in [5, 5.41) is 11.3. The summed E-state index contributed by atoms with van der Waals surface area (Å²) in [5.74, 6) is 0.783. The maximum absolute atomic E-state index is 13.8. The van der Waals surface area contributed by atoms with E-state index < -0.39 is 0 Å². The van der Waals surface area contributed by atoms with E-state index in [4.69, 9.17) is 4.42 Å². The molecule has 0 aliphatic heterocycles. The van der Waals surface area contributed by atoms with Crippen LogP contribution in [0.15, 0.2) is 101 Å². The summed E-state index contributed by atoms with van der Waals surface area (Å²) in [5.41, 5.74) is 5.29. The predicted molar refractivity (Wildman–Crippen MR) is 128 cm³/mol. The Bertz CT molecular complexity index is 1430. The minimum Gasteiger partial charge on any atom is -0.507 e. The molecule has 0 fully saturated rings. The minimum absolute atomic E-state index is 0.0822. The Hall–Kier alpha value is -4.11. The fourth-order valence-electron chi connectivity index (χ4n) is 4.17. The third-order valence-corrected chi connectivity index (χ3v) is 5.73. The number of carbonyl (C=O) groups excluding carboxylic acids is 1. The van der Waals surface area contributed by atoms with Crippen LogP contribution in [0.1, 0.15) is 28.6 Å². The minimum atomic E-state index is -0.0822. The molecule has 1 heterocycles. The summed E-state index contributed by atoms with van der Waals surface area (Å²) in [6.07, 6.45) is 0.625. The Morgan fingerprint density at radius 2 is 1.47 bits per heavy atom. The highest BCUT2D eigenvalue weighted by Gasteiger charge is 2.22. The first-order chi connectivity index (χ1) is 15.7. The molecule has 0 aliphatic carbocycles. The number of rotatable bonds is 5. The van der Waals surface area contributed by atoms with Gasteiger partial charge in [0.2, 0.25) is 0 Å². The maximum Gasteiger partial charge on any atom is 0.197 e. The highest BCUT2D eigenvalue weighted by molar-refractivity contribution is 6.17. The van der Waals surface area contributed by atoms with E-state index in [9.17, 15) is 9.90 Å². The smallest absolute Gasteiger partial charge is 0.197 e. The number of aromatic hydroxyl groups is 1. The molecular formula is C29H22O3. The van der Waals surface area contributed by atoms with Gasteiger partial charge in [-0.05, 0) is 47.0 Å². The molecular weight excluding hydrogens is 396 g/mol. The number of phenolic OH excluding ortho intramolecular Hbond substituents is 1. The van der Waals surface area contributed by atoms with E-state index in [-0.39, 0.29) is 11.5 Å². The fourth-order valence-corrected chi connectivity index (χ4v) is 4.17. The zero-order valence-electron chi connectivity index (χ0n) is 17.7. The van der Waals surface area contributed by atoms with Crippen molar-refractivity contribution in [2.75, 3.05) is 0 Å². The van der Waals surface area contributed by atoms with Crippen molar-refractivity contribution < 1.29 is 14.3 Å². The third-order valence-electron chi connectivity index (χ3n) is 5.73. The Balaban J connectivity index is 1.73. The highest BCUT2D eigenvalue weighted by Crippen LogP contribution is 2.35. The summed E-state index contributed by atoms with van der Waals surface area (Å²) < 4.78 is 5.98. The van der Waals surface area contributed by atoms with Crippen molar-refractivity contribution in [1.29, 1.82) is 0 Å². The number of phenols is 1. The fraction of sp³-hybridized carbons (Fsp3) is 0.0690. The first-order valence-electron chi connectivity index (χ1n) is 10.7. The second-order valence-corrected chi connectivity index (χ2v) is 7.76. The Morgan fingerprint density at radius 3 is 2.25 bits per heavy atom. The molecule has 0 amide bonds. The van der Waals surface area contributed by atoms with Crippen molar-refractivity contribution in [3.05, 3.63) is 114 Å². The van der Waals surface area contributed by atoms with E-state index in [2.05, 4.69) is 0 Å². The van der Waals surface area contributed by atoms with E-state index in [0.29, 0.717) is 34.5 Å². The van der Waals surface area contributed by atoms with Gasteiger partial charge in [-0.3, -0.25) is 4.79 Å². The van der Waals surface area contributed by atoms with Gasteiger partial charge in [0.15, 0.2) is 5.78 Å². The molecule has 0 atom stereocenters. The van der Waals surface area contributed by atoms with E-state index in [1.165, 1.54) is 0 Å². The molecule has 1 aromatic heterocycles. The number of benzene rings is 4. The van der Waals surface area contributed by atoms with Crippen LogP contribution in [0.4, 0.5) is 0 Å². The van der Waals surface area contributed by atoms with E-state index in [1.54, 1.807) is 12.1 Å². The van der Waals surface area contributed by atoms with Crippen LogP contribution in [0.25, 0.3) is 33.2 Å². The van der Waals surface area contributed by atoms with Crippen LogP contribution < -0.4 is 0 Å². The number of aryl methyl sites for hydroxylation is 1. The Kier molecular flexibility index (Phi) is 5.08. The molecule has 0 saturated heterocycles. The standard InChI is InChI=1S/C29H22O3/c1-2-26-28(24-13-7-9-15-27(24)32-26)29(31)22-17-20(19-10-4-3-5-11-19)16-21(18-22)23-12-6-8-14-25(23)30/h3-18,30H,2H2,1H3. The van der Waals surface area contributed by atoms with Gasteiger partial charge in [0.25, 0.3) is 0 Å². The van der Waals surface area contributed by atoms with Crippen molar-refractivity contribution >= 4 is 16.8 Å². The lowest BCUT2D eigenvalue weighted by Crippen LogP contribution is -2.04. The molecule has 0 saturated carbocycles. The summed E-state index contributed by atoms with van der Waals surface area (Å²) in [7, 11) is 0. The third kappa shape index (κ3) is 3.48. The molecule has 156 valence electrons. The molecule has 5 rings (SSSR count). The SMILES string of the molecule is CCc1oc2ccccc2c1C(=O)c1cc(-c2ccccc2)cc(-c2ccccc2O)c1. The number of furan rings is 1. The largest absolute Gasteiger partial charge is 0.507 e. The molecule has 3 nitrogen and oxygen atoms in total. The van der Waals surface area contributed by atoms with Crippen LogP contribution in [0.3, 0.4) is 0 Å². The second-order valence-electron chi connectivity index (χ2n) is 7.76. The van der Waals surface area contributed by atoms with Gasteiger partial charge in [-0.15, -0.1) is 0 Å². The van der Waals surface area contributed by atoms with Gasteiger partial charge < -0.3 is 9.52 Å². The molecule has 4 aromatic carbocycles. The molecule has 0 aliphatic rings. The number of hydrogen-bond donors (Lipinski definition) is 1. The first kappa shape index (κ1) is 19.8. The second kappa shape index (κ2) is 8.20.